The van der Waals surface area contributed by atoms with Crippen LogP contribution in [0.15, 0.2) is 30.3 Å². The molecular formula is C16H23N3O3. The van der Waals surface area contributed by atoms with Gasteiger partial charge < -0.3 is 15.4 Å². The molecule has 0 radical (unpaired) electrons. The van der Waals surface area contributed by atoms with E-state index >= 15 is 0 Å². The van der Waals surface area contributed by atoms with Gasteiger partial charge in [0.05, 0.1) is 13.7 Å². The van der Waals surface area contributed by atoms with Crippen LogP contribution in [0.5, 0.6) is 0 Å². The fourth-order valence-electron chi connectivity index (χ4n) is 3.00. The second-order valence-electron chi connectivity index (χ2n) is 5.57. The van der Waals surface area contributed by atoms with Gasteiger partial charge in [-0.15, -0.1) is 0 Å². The topological polar surface area (TPSA) is 75.9 Å². The predicted octanol–water partition coefficient (Wildman–Crippen LogP) is 0.220. The van der Waals surface area contributed by atoms with E-state index in [0.29, 0.717) is 13.1 Å². The zero-order valence-corrected chi connectivity index (χ0v) is 13.1. The van der Waals surface area contributed by atoms with Gasteiger partial charge in [0, 0.05) is 25.7 Å². The van der Waals surface area contributed by atoms with E-state index in [1.807, 2.05) is 25.1 Å². The molecule has 0 unspecified atom stereocenters. The SMILES string of the molecule is COC(=O)[C@H]1CN(Cc2ccccc2)C[C@@H](C)N1C(=O)CN. The lowest BCUT2D eigenvalue weighted by Gasteiger charge is -2.44. The van der Waals surface area contributed by atoms with Crippen molar-refractivity contribution in [2.75, 3.05) is 26.7 Å². The lowest BCUT2D eigenvalue weighted by molar-refractivity contribution is -0.158. The van der Waals surface area contributed by atoms with Gasteiger partial charge in [0.15, 0.2) is 0 Å². The largest absolute Gasteiger partial charge is 0.467 e. The van der Waals surface area contributed by atoms with E-state index in [-0.39, 0.29) is 18.5 Å². The third kappa shape index (κ3) is 3.64. The van der Waals surface area contributed by atoms with Crippen LogP contribution in [0.4, 0.5) is 0 Å². The number of esters is 1. The first-order valence-corrected chi connectivity index (χ1v) is 7.42. The van der Waals surface area contributed by atoms with Crippen LogP contribution in [0.2, 0.25) is 0 Å². The minimum absolute atomic E-state index is 0.0855. The van der Waals surface area contributed by atoms with Crippen LogP contribution in [-0.2, 0) is 20.9 Å². The summed E-state index contributed by atoms with van der Waals surface area (Å²) >= 11 is 0. The van der Waals surface area contributed by atoms with Crippen molar-refractivity contribution in [1.82, 2.24) is 9.80 Å². The number of methoxy groups -OCH3 is 1. The minimum atomic E-state index is -0.603. The highest BCUT2D eigenvalue weighted by molar-refractivity contribution is 5.86. The van der Waals surface area contributed by atoms with Crippen molar-refractivity contribution in [1.29, 1.82) is 0 Å². The highest BCUT2D eigenvalue weighted by Crippen LogP contribution is 2.19. The van der Waals surface area contributed by atoms with E-state index in [1.165, 1.54) is 12.7 Å². The van der Waals surface area contributed by atoms with Crippen molar-refractivity contribution in [3.8, 4) is 0 Å². The summed E-state index contributed by atoms with van der Waals surface area (Å²) in [5.41, 5.74) is 6.65. The Morgan fingerprint density at radius 3 is 2.55 bits per heavy atom. The summed E-state index contributed by atoms with van der Waals surface area (Å²) in [6.07, 6.45) is 0. The summed E-state index contributed by atoms with van der Waals surface area (Å²) in [7, 11) is 1.34. The average Bonchev–Trinajstić information content (AvgIpc) is 2.53. The normalized spacial score (nSPS) is 22.4. The molecule has 22 heavy (non-hydrogen) atoms. The molecule has 1 aliphatic rings. The second-order valence-corrected chi connectivity index (χ2v) is 5.57. The van der Waals surface area contributed by atoms with Gasteiger partial charge in [-0.3, -0.25) is 9.69 Å². The van der Waals surface area contributed by atoms with E-state index in [9.17, 15) is 9.59 Å². The van der Waals surface area contributed by atoms with Crippen LogP contribution in [0.3, 0.4) is 0 Å². The molecule has 6 heteroatoms. The standard InChI is InChI=1S/C16H23N3O3/c1-12-9-18(10-13-6-4-3-5-7-13)11-14(16(21)22-2)19(12)15(20)8-17/h3-7,12,14H,8-11,17H2,1-2H3/t12-,14-/m1/s1. The fraction of sp³-hybridized carbons (Fsp3) is 0.500. The molecule has 1 heterocycles. The molecule has 2 N–H and O–H groups in total. The van der Waals surface area contributed by atoms with Gasteiger partial charge in [0.2, 0.25) is 5.91 Å². The molecule has 2 rings (SSSR count). The van der Waals surface area contributed by atoms with Crippen molar-refractivity contribution in [2.45, 2.75) is 25.6 Å². The maximum Gasteiger partial charge on any atom is 0.329 e. The Bertz CT molecular complexity index is 521. The lowest BCUT2D eigenvalue weighted by Crippen LogP contribution is -2.63. The number of nitrogens with zero attached hydrogens (tertiary/aromatic N) is 2. The lowest BCUT2D eigenvalue weighted by atomic mass is 10.1. The second kappa shape index (κ2) is 7.38. The number of nitrogens with two attached hydrogens (primary N) is 1. The summed E-state index contributed by atoms with van der Waals surface area (Å²) in [4.78, 5) is 27.8. The number of hydrogen-bond acceptors (Lipinski definition) is 5. The number of rotatable bonds is 4. The van der Waals surface area contributed by atoms with Crippen molar-refractivity contribution in [3.05, 3.63) is 35.9 Å². The van der Waals surface area contributed by atoms with Gasteiger partial charge in [0.1, 0.15) is 6.04 Å². The van der Waals surface area contributed by atoms with Crippen molar-refractivity contribution >= 4 is 11.9 Å². The maximum absolute atomic E-state index is 12.1. The molecule has 1 aliphatic heterocycles. The zero-order chi connectivity index (χ0) is 16.1. The number of carbonyl (C=O) groups is 2. The Labute approximate surface area is 130 Å². The molecule has 0 aromatic heterocycles. The number of hydrogen-bond donors (Lipinski definition) is 1. The molecule has 0 spiro atoms. The van der Waals surface area contributed by atoms with E-state index in [2.05, 4.69) is 17.0 Å². The number of ether oxygens (including phenoxy) is 1. The summed E-state index contributed by atoms with van der Waals surface area (Å²) in [5.74, 6) is -0.617. The molecule has 1 amide bonds. The van der Waals surface area contributed by atoms with E-state index in [0.717, 1.165) is 6.54 Å². The van der Waals surface area contributed by atoms with Crippen molar-refractivity contribution in [2.24, 2.45) is 5.73 Å². The summed E-state index contributed by atoms with van der Waals surface area (Å²) in [6, 6.07) is 9.37. The van der Waals surface area contributed by atoms with Gasteiger partial charge >= 0.3 is 5.97 Å². The quantitative estimate of drug-likeness (QED) is 0.805. The molecule has 120 valence electrons. The molecule has 1 aromatic carbocycles. The van der Waals surface area contributed by atoms with Crippen molar-refractivity contribution in [3.63, 3.8) is 0 Å². The highest BCUT2D eigenvalue weighted by Gasteiger charge is 2.39. The van der Waals surface area contributed by atoms with Crippen LogP contribution in [0, 0.1) is 0 Å². The van der Waals surface area contributed by atoms with Crippen LogP contribution in [0.1, 0.15) is 12.5 Å². The van der Waals surface area contributed by atoms with Gasteiger partial charge in [0.25, 0.3) is 0 Å². The molecule has 2 atom stereocenters. The smallest absolute Gasteiger partial charge is 0.329 e. The van der Waals surface area contributed by atoms with Gasteiger partial charge in [-0.1, -0.05) is 30.3 Å². The molecule has 0 bridgehead atoms. The molecular weight excluding hydrogens is 282 g/mol. The Kier molecular flexibility index (Phi) is 5.51. The predicted molar refractivity (Wildman–Crippen MR) is 82.9 cm³/mol. The van der Waals surface area contributed by atoms with Crippen LogP contribution in [0.25, 0.3) is 0 Å². The summed E-state index contributed by atoms with van der Waals surface area (Å²) in [5, 5.41) is 0. The zero-order valence-electron chi connectivity index (χ0n) is 13.1. The number of piperazine rings is 1. The van der Waals surface area contributed by atoms with E-state index in [1.54, 1.807) is 4.90 Å². The Hall–Kier alpha value is -1.92. The number of carbonyl (C=O) groups excluding carboxylic acids is 2. The average molecular weight is 305 g/mol. The van der Waals surface area contributed by atoms with Crippen LogP contribution < -0.4 is 5.73 Å². The molecule has 1 aromatic rings. The van der Waals surface area contributed by atoms with E-state index < -0.39 is 12.0 Å². The maximum atomic E-state index is 12.1. The fourth-order valence-corrected chi connectivity index (χ4v) is 3.00. The van der Waals surface area contributed by atoms with Gasteiger partial charge in [-0.2, -0.15) is 0 Å². The molecule has 6 nitrogen and oxygen atoms in total. The Balaban J connectivity index is 2.15. The first kappa shape index (κ1) is 16.5. The van der Waals surface area contributed by atoms with Gasteiger partial charge in [-0.25, -0.2) is 4.79 Å². The number of amides is 1. The first-order valence-electron chi connectivity index (χ1n) is 7.42. The third-order valence-electron chi connectivity index (χ3n) is 3.95. The van der Waals surface area contributed by atoms with E-state index in [4.69, 9.17) is 10.5 Å². The molecule has 1 saturated heterocycles. The molecule has 0 aliphatic carbocycles. The Morgan fingerprint density at radius 1 is 1.27 bits per heavy atom. The Morgan fingerprint density at radius 2 is 1.95 bits per heavy atom. The summed E-state index contributed by atoms with van der Waals surface area (Å²) in [6.45, 7) is 3.73. The van der Waals surface area contributed by atoms with Crippen LogP contribution in [-0.4, -0.2) is 60.5 Å². The monoisotopic (exact) mass is 305 g/mol. The molecule has 1 fully saturated rings. The third-order valence-corrected chi connectivity index (χ3v) is 3.95. The summed E-state index contributed by atoms with van der Waals surface area (Å²) < 4.78 is 4.86. The first-order chi connectivity index (χ1) is 10.6. The highest BCUT2D eigenvalue weighted by atomic mass is 16.5. The minimum Gasteiger partial charge on any atom is -0.467 e. The van der Waals surface area contributed by atoms with Crippen molar-refractivity contribution < 1.29 is 14.3 Å². The molecule has 0 saturated carbocycles. The van der Waals surface area contributed by atoms with Gasteiger partial charge in [-0.05, 0) is 12.5 Å². The number of benzene rings is 1. The van der Waals surface area contributed by atoms with Crippen LogP contribution >= 0.6 is 0 Å².